The molecule has 3 heteroatoms. The number of aromatic nitrogens is 2. The van der Waals surface area contributed by atoms with Crippen molar-refractivity contribution < 1.29 is 0 Å². The lowest BCUT2D eigenvalue weighted by atomic mass is 10.1. The van der Waals surface area contributed by atoms with Crippen molar-refractivity contribution in [3.8, 4) is 22.6 Å². The van der Waals surface area contributed by atoms with Crippen LogP contribution in [0, 0.1) is 6.92 Å². The number of benzene rings is 2. The van der Waals surface area contributed by atoms with Crippen molar-refractivity contribution in [1.29, 1.82) is 0 Å². The molecule has 0 aliphatic carbocycles. The molecule has 0 amide bonds. The van der Waals surface area contributed by atoms with Crippen LogP contribution in [0.2, 0.25) is 0 Å². The first-order chi connectivity index (χ1) is 10.1. The normalized spacial score (nSPS) is 10.6. The maximum atomic E-state index is 4.76. The highest BCUT2D eigenvalue weighted by molar-refractivity contribution is 5.68. The van der Waals surface area contributed by atoms with Gasteiger partial charge < -0.3 is 9.88 Å². The van der Waals surface area contributed by atoms with Gasteiger partial charge in [0.25, 0.3) is 0 Å². The first-order valence-electron chi connectivity index (χ1n) is 7.05. The van der Waals surface area contributed by atoms with E-state index in [9.17, 15) is 0 Å². The van der Waals surface area contributed by atoms with Crippen LogP contribution in [0.25, 0.3) is 22.6 Å². The summed E-state index contributed by atoms with van der Waals surface area (Å²) in [4.78, 5) is 10.2. The summed E-state index contributed by atoms with van der Waals surface area (Å²) in [5.74, 6) is 0.914. The number of H-pyrrole nitrogens is 1. The molecule has 2 aromatic carbocycles. The standard InChI is InChI=1S/C18H19N3/c1-13-17(14-7-5-4-6-8-14)20-18(19-13)15-9-11-16(12-10-15)21(2)3/h4-12H,1-3H3,(H,19,20). The molecule has 1 N–H and O–H groups in total. The van der Waals surface area contributed by atoms with E-state index in [4.69, 9.17) is 4.98 Å². The number of hydrogen-bond donors (Lipinski definition) is 1. The van der Waals surface area contributed by atoms with Crippen LogP contribution < -0.4 is 4.90 Å². The van der Waals surface area contributed by atoms with E-state index in [2.05, 4.69) is 53.2 Å². The number of nitrogens with one attached hydrogen (secondary N) is 1. The molecule has 0 saturated carbocycles. The average Bonchev–Trinajstić information content (AvgIpc) is 2.90. The first kappa shape index (κ1) is 13.4. The van der Waals surface area contributed by atoms with E-state index >= 15 is 0 Å². The predicted octanol–water partition coefficient (Wildman–Crippen LogP) is 4.12. The fourth-order valence-electron chi connectivity index (χ4n) is 2.39. The minimum atomic E-state index is 0.914. The second-order valence-electron chi connectivity index (χ2n) is 5.37. The lowest BCUT2D eigenvalue weighted by Crippen LogP contribution is -2.07. The maximum Gasteiger partial charge on any atom is 0.138 e. The largest absolute Gasteiger partial charge is 0.378 e. The third kappa shape index (κ3) is 2.68. The monoisotopic (exact) mass is 277 g/mol. The quantitative estimate of drug-likeness (QED) is 0.781. The van der Waals surface area contributed by atoms with Gasteiger partial charge in [0.15, 0.2) is 0 Å². The van der Waals surface area contributed by atoms with Gasteiger partial charge in [-0.1, -0.05) is 30.3 Å². The molecule has 0 spiro atoms. The summed E-state index contributed by atoms with van der Waals surface area (Å²) in [6.07, 6.45) is 0. The van der Waals surface area contributed by atoms with Gasteiger partial charge in [0.2, 0.25) is 0 Å². The molecule has 0 aliphatic heterocycles. The fourth-order valence-corrected chi connectivity index (χ4v) is 2.39. The molecular formula is C18H19N3. The van der Waals surface area contributed by atoms with Crippen LogP contribution in [0.3, 0.4) is 0 Å². The molecule has 106 valence electrons. The third-order valence-electron chi connectivity index (χ3n) is 3.59. The third-order valence-corrected chi connectivity index (χ3v) is 3.59. The lowest BCUT2D eigenvalue weighted by Gasteiger charge is -2.12. The number of rotatable bonds is 3. The van der Waals surface area contributed by atoms with Crippen molar-refractivity contribution in [2.45, 2.75) is 6.92 Å². The summed E-state index contributed by atoms with van der Waals surface area (Å²) in [6, 6.07) is 18.7. The highest BCUT2D eigenvalue weighted by Crippen LogP contribution is 2.26. The Morgan fingerprint density at radius 2 is 1.52 bits per heavy atom. The van der Waals surface area contributed by atoms with E-state index in [1.807, 2.05) is 32.3 Å². The first-order valence-corrected chi connectivity index (χ1v) is 7.05. The minimum absolute atomic E-state index is 0.914. The SMILES string of the molecule is Cc1[nH]c(-c2ccc(N(C)C)cc2)nc1-c1ccccc1. The predicted molar refractivity (Wildman–Crippen MR) is 88.5 cm³/mol. The molecule has 3 aromatic rings. The van der Waals surface area contributed by atoms with E-state index in [-0.39, 0.29) is 0 Å². The van der Waals surface area contributed by atoms with Crippen LogP contribution in [0.5, 0.6) is 0 Å². The van der Waals surface area contributed by atoms with E-state index < -0.39 is 0 Å². The molecule has 3 nitrogen and oxygen atoms in total. The van der Waals surface area contributed by atoms with E-state index in [1.54, 1.807) is 0 Å². The smallest absolute Gasteiger partial charge is 0.138 e. The van der Waals surface area contributed by atoms with Crippen LogP contribution >= 0.6 is 0 Å². The lowest BCUT2D eigenvalue weighted by molar-refractivity contribution is 1.13. The Labute approximate surface area is 125 Å². The number of aryl methyl sites for hydroxylation is 1. The van der Waals surface area contributed by atoms with Gasteiger partial charge in [-0.25, -0.2) is 4.98 Å². The molecule has 0 bridgehead atoms. The summed E-state index contributed by atoms with van der Waals surface area (Å²) in [6.45, 7) is 2.06. The molecule has 0 unspecified atom stereocenters. The summed E-state index contributed by atoms with van der Waals surface area (Å²) < 4.78 is 0. The highest BCUT2D eigenvalue weighted by atomic mass is 15.1. The number of imidazole rings is 1. The topological polar surface area (TPSA) is 31.9 Å². The number of nitrogens with zero attached hydrogens (tertiary/aromatic N) is 2. The molecule has 0 radical (unpaired) electrons. The van der Waals surface area contributed by atoms with Gasteiger partial charge >= 0.3 is 0 Å². The zero-order valence-corrected chi connectivity index (χ0v) is 12.6. The van der Waals surface area contributed by atoms with Gasteiger partial charge in [-0.05, 0) is 31.2 Å². The number of hydrogen-bond acceptors (Lipinski definition) is 2. The molecule has 21 heavy (non-hydrogen) atoms. The van der Waals surface area contributed by atoms with Gasteiger partial charge in [0.1, 0.15) is 5.82 Å². The second kappa shape index (κ2) is 5.44. The van der Waals surface area contributed by atoms with E-state index in [0.29, 0.717) is 0 Å². The van der Waals surface area contributed by atoms with Gasteiger partial charge in [-0.15, -0.1) is 0 Å². The van der Waals surface area contributed by atoms with Gasteiger partial charge in [-0.3, -0.25) is 0 Å². The van der Waals surface area contributed by atoms with Crippen LogP contribution in [-0.4, -0.2) is 24.1 Å². The number of aromatic amines is 1. The maximum absolute atomic E-state index is 4.76. The van der Waals surface area contributed by atoms with Crippen LogP contribution in [0.4, 0.5) is 5.69 Å². The summed E-state index contributed by atoms with van der Waals surface area (Å²) >= 11 is 0. The Morgan fingerprint density at radius 3 is 2.14 bits per heavy atom. The molecule has 0 aliphatic rings. The molecule has 0 atom stereocenters. The van der Waals surface area contributed by atoms with Crippen LogP contribution in [0.1, 0.15) is 5.69 Å². The molecule has 3 rings (SSSR count). The van der Waals surface area contributed by atoms with Crippen molar-refractivity contribution in [2.24, 2.45) is 0 Å². The Bertz CT molecular complexity index is 725. The van der Waals surface area contributed by atoms with Crippen molar-refractivity contribution in [3.63, 3.8) is 0 Å². The number of anilines is 1. The Morgan fingerprint density at radius 1 is 0.857 bits per heavy atom. The molecular weight excluding hydrogens is 258 g/mol. The van der Waals surface area contributed by atoms with Crippen LogP contribution in [0.15, 0.2) is 54.6 Å². The summed E-state index contributed by atoms with van der Waals surface area (Å²) in [7, 11) is 4.08. The molecule has 1 heterocycles. The van der Waals surface area contributed by atoms with Gasteiger partial charge in [0.05, 0.1) is 5.69 Å². The van der Waals surface area contributed by atoms with Crippen molar-refractivity contribution in [2.75, 3.05) is 19.0 Å². The Hall–Kier alpha value is -2.55. The summed E-state index contributed by atoms with van der Waals surface area (Å²) in [5, 5.41) is 0. The highest BCUT2D eigenvalue weighted by Gasteiger charge is 2.10. The van der Waals surface area contributed by atoms with Crippen molar-refractivity contribution in [1.82, 2.24) is 9.97 Å². The van der Waals surface area contributed by atoms with E-state index in [1.165, 1.54) is 5.69 Å². The Balaban J connectivity index is 1.97. The minimum Gasteiger partial charge on any atom is -0.378 e. The van der Waals surface area contributed by atoms with Gasteiger partial charge in [-0.2, -0.15) is 0 Å². The van der Waals surface area contributed by atoms with E-state index in [0.717, 1.165) is 28.3 Å². The fraction of sp³-hybridized carbons (Fsp3) is 0.167. The van der Waals surface area contributed by atoms with Gasteiger partial charge in [0, 0.05) is 36.6 Å². The molecule has 0 fully saturated rings. The summed E-state index contributed by atoms with van der Waals surface area (Å²) in [5.41, 5.74) is 5.54. The van der Waals surface area contributed by atoms with Crippen molar-refractivity contribution in [3.05, 3.63) is 60.3 Å². The molecule has 1 aromatic heterocycles. The zero-order chi connectivity index (χ0) is 14.8. The zero-order valence-electron chi connectivity index (χ0n) is 12.6. The second-order valence-corrected chi connectivity index (χ2v) is 5.37. The Kier molecular flexibility index (Phi) is 3.48. The van der Waals surface area contributed by atoms with Crippen LogP contribution in [-0.2, 0) is 0 Å². The average molecular weight is 277 g/mol. The van der Waals surface area contributed by atoms with Crippen molar-refractivity contribution >= 4 is 5.69 Å². The molecule has 0 saturated heterocycles.